The van der Waals surface area contributed by atoms with Crippen LogP contribution in [0.4, 0.5) is 30.6 Å². The number of nitro benzene ring substituents is 2. The van der Waals surface area contributed by atoms with Gasteiger partial charge in [0.15, 0.2) is 11.5 Å². The summed E-state index contributed by atoms with van der Waals surface area (Å²) in [5, 5.41) is 53.0. The summed E-state index contributed by atoms with van der Waals surface area (Å²) in [5.41, 5.74) is 2.37. The van der Waals surface area contributed by atoms with E-state index in [1.807, 2.05) is 30.3 Å². The molecule has 20 heteroatoms. The number of thioether (sulfide) groups is 1. The molecule has 0 aliphatic carbocycles. The van der Waals surface area contributed by atoms with Crippen LogP contribution in [0.25, 0.3) is 0 Å². The Morgan fingerprint density at radius 2 is 1.09 bits per heavy atom. The van der Waals surface area contributed by atoms with Crippen LogP contribution in [0.2, 0.25) is 0 Å². The molecule has 0 fully saturated rings. The van der Waals surface area contributed by atoms with Crippen molar-refractivity contribution < 1.29 is 73.1 Å². The lowest BCUT2D eigenvalue weighted by atomic mass is 10.2. The Kier molecular flexibility index (Phi) is 20.8. The highest BCUT2D eigenvalue weighted by Gasteiger charge is 2.13. The smallest absolute Gasteiger partial charge is 0.493 e. The van der Waals surface area contributed by atoms with Crippen LogP contribution in [0.1, 0.15) is 22.3 Å². The fourth-order valence-corrected chi connectivity index (χ4v) is 4.13. The van der Waals surface area contributed by atoms with E-state index < -0.39 is 33.6 Å². The number of rotatable bonds is 12. The standard InChI is InChI=1S/C10H12O5.2C8H7NO5.C8H8O2S/c1-13-8-4-3-7(5-9(8)14-2)6-15-10(11)12;10-8(11)14-5-6-1-3-7(4-2-6)9(12)13;10-8(11)14-5-6-3-1-2-4-7(6)9(12)13;9-8(10)11-6-7-4-2-1-3-5-7/h3-5H,6H2,1-2H3,(H,11,12);2*1-4H,5H2,(H,10,11);1-5H,6H2,(H,9,10). The number of hydrogen-bond donors (Lipinski definition) is 4. The van der Waals surface area contributed by atoms with E-state index in [9.17, 15) is 39.4 Å². The second-order valence-corrected chi connectivity index (χ2v) is 10.6. The van der Waals surface area contributed by atoms with Crippen LogP contribution in [0.3, 0.4) is 0 Å². The maximum Gasteiger partial charge on any atom is 0.506 e. The van der Waals surface area contributed by atoms with Gasteiger partial charge in [0.05, 0.1) is 29.6 Å². The third kappa shape index (κ3) is 19.3. The molecule has 0 saturated carbocycles. The number of non-ortho nitro benzene ring substituents is 1. The minimum Gasteiger partial charge on any atom is -0.493 e. The number of ether oxygens (including phenoxy) is 5. The third-order valence-corrected chi connectivity index (χ3v) is 6.79. The van der Waals surface area contributed by atoms with Crippen molar-refractivity contribution in [3.8, 4) is 11.5 Å². The molecule has 0 atom stereocenters. The SMILES string of the molecule is COc1ccc(COC(=O)O)cc1OC.O=C(O)OCc1ccc([N+](=O)[O-])cc1.O=C(O)OCc1ccccc1[N+](=O)[O-].O=C(O)SCc1ccccc1. The lowest BCUT2D eigenvalue weighted by Crippen LogP contribution is -2.02. The summed E-state index contributed by atoms with van der Waals surface area (Å²) in [7, 11) is 3.05. The zero-order valence-electron chi connectivity index (χ0n) is 28.5. The summed E-state index contributed by atoms with van der Waals surface area (Å²) in [4.78, 5) is 60.0. The van der Waals surface area contributed by atoms with Crippen molar-refractivity contribution in [1.82, 2.24) is 0 Å². The topological polar surface area (TPSA) is 282 Å². The predicted octanol–water partition coefficient (Wildman–Crippen LogP) is 8.08. The first-order valence-corrected chi connectivity index (χ1v) is 15.8. The molecular weight excluding hydrogens is 740 g/mol. The molecule has 0 aliphatic heterocycles. The number of methoxy groups -OCH3 is 2. The van der Waals surface area contributed by atoms with E-state index in [4.69, 9.17) is 29.9 Å². The van der Waals surface area contributed by atoms with Gasteiger partial charge in [0.1, 0.15) is 19.8 Å². The van der Waals surface area contributed by atoms with Crippen LogP contribution in [0.5, 0.6) is 11.5 Å². The van der Waals surface area contributed by atoms with Crippen molar-refractivity contribution in [3.63, 3.8) is 0 Å². The molecule has 0 spiro atoms. The van der Waals surface area contributed by atoms with Gasteiger partial charge in [0.2, 0.25) is 0 Å². The van der Waals surface area contributed by atoms with Gasteiger partial charge in [-0.05, 0) is 58.8 Å². The molecule has 0 amide bonds. The highest BCUT2D eigenvalue weighted by atomic mass is 32.2. The molecule has 0 aliphatic rings. The molecule has 54 heavy (non-hydrogen) atoms. The van der Waals surface area contributed by atoms with E-state index in [0.29, 0.717) is 28.4 Å². The normalized spacial score (nSPS) is 9.44. The van der Waals surface area contributed by atoms with Crippen LogP contribution in [-0.2, 0) is 39.8 Å². The van der Waals surface area contributed by atoms with Gasteiger partial charge in [-0.3, -0.25) is 20.2 Å². The monoisotopic (exact) mass is 774 g/mol. The molecule has 0 bridgehead atoms. The fraction of sp³-hybridized carbons (Fsp3) is 0.176. The highest BCUT2D eigenvalue weighted by Crippen LogP contribution is 2.27. The van der Waals surface area contributed by atoms with E-state index in [2.05, 4.69) is 14.2 Å². The summed E-state index contributed by atoms with van der Waals surface area (Å²) < 4.78 is 23.0. The molecule has 0 unspecified atom stereocenters. The third-order valence-electron chi connectivity index (χ3n) is 6.06. The molecule has 4 rings (SSSR count). The van der Waals surface area contributed by atoms with Crippen LogP contribution in [0.15, 0.2) is 97.1 Å². The van der Waals surface area contributed by atoms with Crippen molar-refractivity contribution >= 4 is 46.9 Å². The van der Waals surface area contributed by atoms with E-state index in [0.717, 1.165) is 17.3 Å². The average molecular weight is 775 g/mol. The Morgan fingerprint density at radius 3 is 1.59 bits per heavy atom. The second kappa shape index (κ2) is 25.0. The minimum absolute atomic E-state index is 0.00428. The van der Waals surface area contributed by atoms with Crippen LogP contribution < -0.4 is 9.47 Å². The Hall–Kier alpha value is -7.09. The average Bonchev–Trinajstić information content (AvgIpc) is 3.15. The number of benzene rings is 4. The van der Waals surface area contributed by atoms with Crippen LogP contribution in [0, 0.1) is 20.2 Å². The van der Waals surface area contributed by atoms with Crippen molar-refractivity contribution in [3.05, 3.63) is 140 Å². The predicted molar refractivity (Wildman–Crippen MR) is 190 cm³/mol. The molecular formula is C34H34N2O17S. The van der Waals surface area contributed by atoms with Gasteiger partial charge < -0.3 is 44.1 Å². The van der Waals surface area contributed by atoms with Gasteiger partial charge in [-0.2, -0.15) is 0 Å². The number of hydrogen-bond acceptors (Lipinski definition) is 14. The Labute approximate surface area is 310 Å². The lowest BCUT2D eigenvalue weighted by Gasteiger charge is -2.08. The highest BCUT2D eigenvalue weighted by molar-refractivity contribution is 8.12. The van der Waals surface area contributed by atoms with Gasteiger partial charge in [-0.15, -0.1) is 0 Å². The van der Waals surface area contributed by atoms with E-state index in [1.165, 1.54) is 56.7 Å². The van der Waals surface area contributed by atoms with Gasteiger partial charge in [-0.1, -0.05) is 48.5 Å². The Balaban J connectivity index is 0.000000362. The summed E-state index contributed by atoms with van der Waals surface area (Å²) in [6.07, 6.45) is -4.13. The molecule has 4 aromatic rings. The van der Waals surface area contributed by atoms with Crippen molar-refractivity contribution in [1.29, 1.82) is 0 Å². The Morgan fingerprint density at radius 1 is 0.593 bits per heavy atom. The van der Waals surface area contributed by atoms with E-state index in [1.54, 1.807) is 24.3 Å². The van der Waals surface area contributed by atoms with Gasteiger partial charge >= 0.3 is 23.8 Å². The molecule has 0 aromatic heterocycles. The molecule has 4 aromatic carbocycles. The quantitative estimate of drug-likeness (QED) is 0.0458. The maximum absolute atomic E-state index is 10.5. The number of carbonyl (C=O) groups is 4. The summed E-state index contributed by atoms with van der Waals surface area (Å²) in [5.74, 6) is 1.68. The van der Waals surface area contributed by atoms with Crippen LogP contribution in [-0.4, -0.2) is 68.3 Å². The first-order valence-electron chi connectivity index (χ1n) is 14.8. The van der Waals surface area contributed by atoms with Crippen molar-refractivity contribution in [2.24, 2.45) is 0 Å². The molecule has 288 valence electrons. The summed E-state index contributed by atoms with van der Waals surface area (Å²) >= 11 is 0.901. The number of nitro groups is 2. The van der Waals surface area contributed by atoms with Gasteiger partial charge in [0, 0.05) is 24.0 Å². The second-order valence-electron chi connectivity index (χ2n) is 9.70. The Bertz CT molecular complexity index is 1820. The van der Waals surface area contributed by atoms with Crippen molar-refractivity contribution in [2.75, 3.05) is 14.2 Å². The van der Waals surface area contributed by atoms with Crippen LogP contribution >= 0.6 is 11.8 Å². The number of nitrogens with zero attached hydrogens (tertiary/aromatic N) is 2. The number of carboxylic acid groups (broad SMARTS) is 4. The number of para-hydroxylation sites is 1. The molecule has 0 heterocycles. The van der Waals surface area contributed by atoms with Gasteiger partial charge in [-0.25, -0.2) is 19.2 Å². The molecule has 4 N–H and O–H groups in total. The minimum atomic E-state index is -1.46. The van der Waals surface area contributed by atoms with E-state index in [-0.39, 0.29) is 36.8 Å². The first kappa shape index (κ1) is 44.9. The molecule has 0 radical (unpaired) electrons. The summed E-state index contributed by atoms with van der Waals surface area (Å²) in [6, 6.07) is 25.9. The first-order chi connectivity index (χ1) is 25.7. The van der Waals surface area contributed by atoms with Gasteiger partial charge in [0.25, 0.3) is 11.4 Å². The lowest BCUT2D eigenvalue weighted by molar-refractivity contribution is -0.385. The zero-order chi connectivity index (χ0) is 40.5. The molecule has 19 nitrogen and oxygen atoms in total. The van der Waals surface area contributed by atoms with E-state index >= 15 is 0 Å². The maximum atomic E-state index is 10.5. The molecule has 0 saturated heterocycles. The zero-order valence-corrected chi connectivity index (χ0v) is 29.3. The summed E-state index contributed by atoms with van der Waals surface area (Å²) in [6.45, 7) is -0.421. The van der Waals surface area contributed by atoms with Crippen molar-refractivity contribution in [2.45, 2.75) is 25.6 Å². The largest absolute Gasteiger partial charge is 0.506 e. The fourth-order valence-electron chi connectivity index (χ4n) is 3.64.